The van der Waals surface area contributed by atoms with Crippen LogP contribution in [0.4, 0.5) is 5.69 Å². The number of esters is 1. The lowest BCUT2D eigenvalue weighted by molar-refractivity contribution is -0.149. The number of ether oxygens (including phenoxy) is 3. The molecule has 2 aromatic rings. The molecule has 0 heterocycles. The molecule has 0 aliphatic rings. The Kier molecular flexibility index (Phi) is 7.75. The maximum Gasteiger partial charge on any atom is 0.378 e. The number of aliphatic hydroxyl groups is 1. The van der Waals surface area contributed by atoms with E-state index < -0.39 is 23.4 Å². The lowest BCUT2D eigenvalue weighted by atomic mass is 10.1. The average Bonchev–Trinajstić information content (AvgIpc) is 2.76. The van der Waals surface area contributed by atoms with Gasteiger partial charge in [-0.3, -0.25) is 9.59 Å². The van der Waals surface area contributed by atoms with Gasteiger partial charge in [0.25, 0.3) is 5.78 Å². The van der Waals surface area contributed by atoms with Crippen molar-refractivity contribution in [2.24, 2.45) is 0 Å². The molecule has 156 valence electrons. The minimum Gasteiger partial charge on any atom is -0.507 e. The lowest BCUT2D eigenvalue weighted by Crippen LogP contribution is -2.13. The van der Waals surface area contributed by atoms with E-state index in [1.807, 2.05) is 0 Å². The number of amides is 1. The molecule has 2 aromatic carbocycles. The van der Waals surface area contributed by atoms with E-state index >= 15 is 0 Å². The van der Waals surface area contributed by atoms with Crippen LogP contribution in [0.15, 0.2) is 54.6 Å². The Hall–Kier alpha value is -4.07. The third kappa shape index (κ3) is 5.71. The van der Waals surface area contributed by atoms with Gasteiger partial charge < -0.3 is 24.6 Å². The molecule has 2 rings (SSSR count). The number of hydrogen-bond acceptors (Lipinski definition) is 7. The number of para-hydroxylation sites is 1. The summed E-state index contributed by atoms with van der Waals surface area (Å²) < 4.78 is 14.7. The number of ketones is 1. The van der Waals surface area contributed by atoms with Crippen LogP contribution in [-0.2, 0) is 19.1 Å². The van der Waals surface area contributed by atoms with Crippen LogP contribution in [0.3, 0.4) is 0 Å². The average molecular weight is 411 g/mol. The number of anilines is 1. The van der Waals surface area contributed by atoms with Gasteiger partial charge >= 0.3 is 5.97 Å². The summed E-state index contributed by atoms with van der Waals surface area (Å²) in [5.74, 6) is -1.99. The molecule has 0 atom stereocenters. The fourth-order valence-corrected chi connectivity index (χ4v) is 2.48. The zero-order valence-corrected chi connectivity index (χ0v) is 16.7. The number of hydrogen-bond donors (Lipinski definition) is 2. The van der Waals surface area contributed by atoms with Crippen molar-refractivity contribution in [1.82, 2.24) is 0 Å². The van der Waals surface area contributed by atoms with E-state index in [1.165, 1.54) is 26.4 Å². The van der Waals surface area contributed by atoms with Crippen molar-refractivity contribution in [3.63, 3.8) is 0 Å². The SMILES string of the molecule is COC(=O)C(=O)/C=C(\O)c1ccccc1NC(=O)/C=C/c1ccc(OC)c(OC)c1. The molecule has 0 radical (unpaired) electrons. The molecule has 1 amide bonds. The smallest absolute Gasteiger partial charge is 0.378 e. The van der Waals surface area contributed by atoms with Crippen LogP contribution < -0.4 is 14.8 Å². The van der Waals surface area contributed by atoms with Crippen molar-refractivity contribution < 1.29 is 33.7 Å². The third-order valence-corrected chi connectivity index (χ3v) is 3.95. The van der Waals surface area contributed by atoms with Crippen molar-refractivity contribution in [2.45, 2.75) is 0 Å². The summed E-state index contributed by atoms with van der Waals surface area (Å²) in [5, 5.41) is 12.8. The maximum absolute atomic E-state index is 12.3. The van der Waals surface area contributed by atoms with Gasteiger partial charge in [-0.1, -0.05) is 18.2 Å². The number of carbonyl (C=O) groups excluding carboxylic acids is 3. The fourth-order valence-electron chi connectivity index (χ4n) is 2.48. The summed E-state index contributed by atoms with van der Waals surface area (Å²) in [6.45, 7) is 0. The number of benzene rings is 2. The van der Waals surface area contributed by atoms with Gasteiger partial charge in [-0.2, -0.15) is 0 Å². The van der Waals surface area contributed by atoms with Crippen LogP contribution in [0.2, 0.25) is 0 Å². The molecule has 30 heavy (non-hydrogen) atoms. The van der Waals surface area contributed by atoms with Crippen molar-refractivity contribution in [3.05, 3.63) is 65.7 Å². The number of carbonyl (C=O) groups is 3. The lowest BCUT2D eigenvalue weighted by Gasteiger charge is -2.09. The molecule has 0 fully saturated rings. The van der Waals surface area contributed by atoms with Gasteiger partial charge in [0.15, 0.2) is 11.5 Å². The summed E-state index contributed by atoms with van der Waals surface area (Å²) in [6.07, 6.45) is 3.62. The molecule has 0 saturated heterocycles. The topological polar surface area (TPSA) is 111 Å². The molecular weight excluding hydrogens is 390 g/mol. The summed E-state index contributed by atoms with van der Waals surface area (Å²) in [5.41, 5.74) is 1.14. The first-order chi connectivity index (χ1) is 14.4. The first-order valence-corrected chi connectivity index (χ1v) is 8.73. The van der Waals surface area contributed by atoms with Crippen LogP contribution in [-0.4, -0.2) is 44.1 Å². The Morgan fingerprint density at radius 3 is 2.33 bits per heavy atom. The fraction of sp³-hybridized carbons (Fsp3) is 0.136. The van der Waals surface area contributed by atoms with E-state index in [0.717, 1.165) is 13.2 Å². The molecule has 0 aliphatic carbocycles. The summed E-state index contributed by atoms with van der Waals surface area (Å²) in [6, 6.07) is 11.5. The zero-order valence-electron chi connectivity index (χ0n) is 16.7. The molecule has 2 N–H and O–H groups in total. The van der Waals surface area contributed by atoms with E-state index in [2.05, 4.69) is 10.1 Å². The summed E-state index contributed by atoms with van der Waals surface area (Å²) in [7, 11) is 4.10. The van der Waals surface area contributed by atoms with Gasteiger partial charge in [-0.05, 0) is 35.9 Å². The second-order valence-corrected chi connectivity index (χ2v) is 5.87. The Morgan fingerprint density at radius 2 is 1.67 bits per heavy atom. The molecule has 0 saturated carbocycles. The molecule has 8 heteroatoms. The van der Waals surface area contributed by atoms with E-state index in [1.54, 1.807) is 42.5 Å². The minimum atomic E-state index is -1.11. The van der Waals surface area contributed by atoms with Gasteiger partial charge in [-0.25, -0.2) is 4.79 Å². The van der Waals surface area contributed by atoms with E-state index in [-0.39, 0.29) is 11.3 Å². The van der Waals surface area contributed by atoms with Gasteiger partial charge in [0.1, 0.15) is 5.76 Å². The summed E-state index contributed by atoms with van der Waals surface area (Å²) in [4.78, 5) is 35.2. The van der Waals surface area contributed by atoms with E-state index in [4.69, 9.17) is 9.47 Å². The van der Waals surface area contributed by atoms with E-state index in [0.29, 0.717) is 17.1 Å². The number of rotatable bonds is 8. The molecular formula is C22H21NO7. The van der Waals surface area contributed by atoms with Gasteiger partial charge in [0.05, 0.1) is 27.0 Å². The van der Waals surface area contributed by atoms with Gasteiger partial charge in [-0.15, -0.1) is 0 Å². The van der Waals surface area contributed by atoms with Gasteiger partial charge in [0, 0.05) is 17.7 Å². The second kappa shape index (κ2) is 10.5. The maximum atomic E-state index is 12.3. The van der Waals surface area contributed by atoms with Crippen LogP contribution in [0.5, 0.6) is 11.5 Å². The van der Waals surface area contributed by atoms with Crippen LogP contribution in [0.1, 0.15) is 11.1 Å². The molecule has 0 spiro atoms. The highest BCUT2D eigenvalue weighted by atomic mass is 16.5. The molecule has 8 nitrogen and oxygen atoms in total. The molecule has 0 aliphatic heterocycles. The molecule has 0 aromatic heterocycles. The van der Waals surface area contributed by atoms with Crippen molar-refractivity contribution in [3.8, 4) is 11.5 Å². The number of methoxy groups -OCH3 is 3. The monoisotopic (exact) mass is 411 g/mol. The zero-order chi connectivity index (χ0) is 22.1. The first-order valence-electron chi connectivity index (χ1n) is 8.73. The minimum absolute atomic E-state index is 0.169. The predicted molar refractivity (Wildman–Crippen MR) is 111 cm³/mol. The standard InChI is InChI=1S/C22H21NO7/c1-28-19-10-8-14(12-20(19)29-2)9-11-21(26)23-16-7-5-4-6-15(16)17(24)13-18(25)22(27)30-3/h4-13,24H,1-3H3,(H,23,26)/b11-9+,17-13-. The normalized spacial score (nSPS) is 11.1. The quantitative estimate of drug-likeness (QED) is 0.297. The van der Waals surface area contributed by atoms with Crippen LogP contribution >= 0.6 is 0 Å². The predicted octanol–water partition coefficient (Wildman–Crippen LogP) is 3.00. The Morgan fingerprint density at radius 1 is 0.967 bits per heavy atom. The van der Waals surface area contributed by atoms with Crippen molar-refractivity contribution >= 4 is 35.2 Å². The molecule has 0 bridgehead atoms. The van der Waals surface area contributed by atoms with Gasteiger partial charge in [0.2, 0.25) is 5.91 Å². The number of aliphatic hydroxyl groups excluding tert-OH is 1. The molecule has 0 unspecified atom stereocenters. The number of nitrogens with one attached hydrogen (secondary N) is 1. The van der Waals surface area contributed by atoms with Crippen LogP contribution in [0.25, 0.3) is 11.8 Å². The van der Waals surface area contributed by atoms with Crippen molar-refractivity contribution in [1.29, 1.82) is 0 Å². The highest BCUT2D eigenvalue weighted by Crippen LogP contribution is 2.28. The van der Waals surface area contributed by atoms with Crippen molar-refractivity contribution in [2.75, 3.05) is 26.6 Å². The first kappa shape index (κ1) is 22.2. The Labute approximate surface area is 173 Å². The Balaban J connectivity index is 2.18. The largest absolute Gasteiger partial charge is 0.507 e. The highest BCUT2D eigenvalue weighted by Gasteiger charge is 2.15. The second-order valence-electron chi connectivity index (χ2n) is 5.87. The highest BCUT2D eigenvalue weighted by molar-refractivity contribution is 6.39. The van der Waals surface area contributed by atoms with Crippen LogP contribution in [0, 0.1) is 0 Å². The Bertz CT molecular complexity index is 1010. The third-order valence-electron chi connectivity index (χ3n) is 3.95. The van der Waals surface area contributed by atoms with E-state index in [9.17, 15) is 19.5 Å². The summed E-state index contributed by atoms with van der Waals surface area (Å²) >= 11 is 0.